The molecular formula is C53H67N9O8. The van der Waals surface area contributed by atoms with E-state index in [1.165, 1.54) is 14.2 Å². The van der Waals surface area contributed by atoms with Gasteiger partial charge < -0.3 is 50.3 Å². The Bertz CT molecular complexity index is 2360. The number of amides is 6. The predicted molar refractivity (Wildman–Crippen MR) is 269 cm³/mol. The molecule has 6 atom stereocenters. The van der Waals surface area contributed by atoms with Gasteiger partial charge in [0.05, 0.1) is 26.3 Å². The number of nitrogens with one attached hydrogen (secondary N) is 4. The van der Waals surface area contributed by atoms with Crippen LogP contribution in [0.1, 0.15) is 89.4 Å². The van der Waals surface area contributed by atoms with Gasteiger partial charge in [0.15, 0.2) is 0 Å². The molecule has 4 heterocycles. The highest BCUT2D eigenvalue weighted by Crippen LogP contribution is 2.47. The van der Waals surface area contributed by atoms with E-state index in [0.29, 0.717) is 50.1 Å². The Morgan fingerprint density at radius 2 is 1.01 bits per heavy atom. The van der Waals surface area contributed by atoms with E-state index in [1.54, 1.807) is 9.80 Å². The molecule has 17 nitrogen and oxygen atoms in total. The largest absolute Gasteiger partial charge is 0.453 e. The van der Waals surface area contributed by atoms with Crippen molar-refractivity contribution in [3.05, 3.63) is 102 Å². The van der Waals surface area contributed by atoms with Gasteiger partial charge in [0.2, 0.25) is 23.6 Å². The highest BCUT2D eigenvalue weighted by Gasteiger charge is 2.41. The normalized spacial score (nSPS) is 19.7. The zero-order valence-electron chi connectivity index (χ0n) is 41.4. The molecule has 0 aliphatic carbocycles. The summed E-state index contributed by atoms with van der Waals surface area (Å²) in [5.74, 6) is -0.737. The zero-order valence-corrected chi connectivity index (χ0v) is 41.4. The fourth-order valence-corrected chi connectivity index (χ4v) is 9.86. The third kappa shape index (κ3) is 11.5. The van der Waals surface area contributed by atoms with Crippen molar-refractivity contribution in [1.29, 1.82) is 0 Å². The van der Waals surface area contributed by atoms with Crippen molar-refractivity contribution >= 4 is 58.7 Å². The van der Waals surface area contributed by atoms with E-state index in [9.17, 15) is 28.8 Å². The summed E-state index contributed by atoms with van der Waals surface area (Å²) in [7, 11) is 6.42. The Morgan fingerprint density at radius 3 is 1.39 bits per heavy atom. The van der Waals surface area contributed by atoms with Gasteiger partial charge in [-0.25, -0.2) is 14.6 Å². The van der Waals surface area contributed by atoms with Gasteiger partial charge in [-0.15, -0.1) is 0 Å². The van der Waals surface area contributed by atoms with E-state index in [4.69, 9.17) is 9.47 Å². The van der Waals surface area contributed by atoms with Gasteiger partial charge in [0.25, 0.3) is 0 Å². The number of pyridine rings is 1. The summed E-state index contributed by atoms with van der Waals surface area (Å²) < 4.78 is 9.51. The van der Waals surface area contributed by atoms with Crippen LogP contribution >= 0.6 is 0 Å². The highest BCUT2D eigenvalue weighted by molar-refractivity contribution is 5.99. The van der Waals surface area contributed by atoms with Crippen molar-refractivity contribution in [1.82, 2.24) is 25.4 Å². The molecule has 0 radical (unpaired) electrons. The first-order chi connectivity index (χ1) is 33.6. The molecule has 3 fully saturated rings. The first kappa shape index (κ1) is 50.7. The first-order valence-corrected chi connectivity index (χ1v) is 24.2. The van der Waals surface area contributed by atoms with Crippen molar-refractivity contribution in [3.8, 4) is 11.1 Å². The van der Waals surface area contributed by atoms with Crippen LogP contribution in [0.15, 0.2) is 91.1 Å². The lowest BCUT2D eigenvalue weighted by molar-refractivity contribution is -0.139. The van der Waals surface area contributed by atoms with Crippen molar-refractivity contribution in [3.63, 3.8) is 0 Å². The number of benzene rings is 3. The van der Waals surface area contributed by atoms with E-state index in [-0.39, 0.29) is 47.5 Å². The molecule has 372 valence electrons. The number of carbonyl (C=O) groups is 6. The van der Waals surface area contributed by atoms with Gasteiger partial charge in [0.1, 0.15) is 30.0 Å². The lowest BCUT2D eigenvalue weighted by Gasteiger charge is -2.34. The molecule has 4 N–H and O–H groups in total. The summed E-state index contributed by atoms with van der Waals surface area (Å²) in [6.45, 7) is 8.18. The number of aromatic nitrogens is 1. The first-order valence-electron chi connectivity index (χ1n) is 24.2. The van der Waals surface area contributed by atoms with Crippen LogP contribution in [-0.4, -0.2) is 116 Å². The second-order valence-corrected chi connectivity index (χ2v) is 19.2. The fourth-order valence-electron chi connectivity index (χ4n) is 9.86. The predicted octanol–water partition coefficient (Wildman–Crippen LogP) is 7.52. The average Bonchev–Trinajstić information content (AvgIpc) is 4.16. The number of hydrogen-bond acceptors (Lipinski definition) is 11. The monoisotopic (exact) mass is 958 g/mol. The number of rotatable bonds is 15. The molecule has 3 aliphatic heterocycles. The molecule has 4 aromatic rings. The SMILES string of the molecule is COC(=O)NC(C(=O)N1CCCC1C(=O)Nc1ccc(C2CCC(c3ccc(NC(=O)C4CCCN4C(=O)C(NC(=O)OC)C(C)C)cc3)N2c2ccc(-c3ccc(N(C)C)nc3)cc2)cc1)C(C)C. The lowest BCUT2D eigenvalue weighted by atomic mass is 10.0. The van der Waals surface area contributed by atoms with E-state index >= 15 is 0 Å². The molecule has 3 aliphatic rings. The molecule has 17 heteroatoms. The number of anilines is 4. The third-order valence-corrected chi connectivity index (χ3v) is 13.7. The van der Waals surface area contributed by atoms with Crippen molar-refractivity contribution in [2.24, 2.45) is 11.8 Å². The topological polar surface area (TPSA) is 195 Å². The molecule has 3 aromatic carbocycles. The standard InChI is InChI=1S/C53H67N9O8/c1-32(2)46(57-52(67)69-7)50(65)60-29-9-11-43(60)48(63)55-38-20-13-35(14-21-38)41-26-27-42(62(41)40-24-17-34(18-25-40)37-19-28-45(54-31-37)59(5)6)36-15-22-39(23-16-36)56-49(64)44-12-10-30-61(44)51(66)47(33(3)4)58-53(68)70-8/h13-25,28,31-33,41-44,46-47H,9-12,26-27,29-30H2,1-8H3,(H,55,63)(H,56,64)(H,57,67)(H,58,68). The maximum atomic E-state index is 13.7. The number of carbonyl (C=O) groups excluding carboxylic acids is 6. The molecule has 6 unspecified atom stereocenters. The van der Waals surface area contributed by atoms with Crippen LogP contribution in [0.2, 0.25) is 0 Å². The average molecular weight is 958 g/mol. The number of methoxy groups -OCH3 is 2. The maximum Gasteiger partial charge on any atom is 0.407 e. The smallest absolute Gasteiger partial charge is 0.407 e. The van der Waals surface area contributed by atoms with Gasteiger partial charge in [0, 0.05) is 56.0 Å². The Kier molecular flexibility index (Phi) is 16.3. The van der Waals surface area contributed by atoms with Crippen LogP contribution in [0.3, 0.4) is 0 Å². The van der Waals surface area contributed by atoms with E-state index in [1.807, 2.05) is 107 Å². The minimum absolute atomic E-state index is 0.0199. The van der Waals surface area contributed by atoms with Gasteiger partial charge >= 0.3 is 12.2 Å². The minimum atomic E-state index is -0.825. The number of ether oxygens (including phenoxy) is 2. The molecule has 3 saturated heterocycles. The number of nitrogens with zero attached hydrogens (tertiary/aromatic N) is 5. The number of likely N-dealkylation sites (tertiary alicyclic amines) is 2. The Labute approximate surface area is 410 Å². The van der Waals surface area contributed by atoms with Gasteiger partial charge in [-0.3, -0.25) is 19.2 Å². The molecular weight excluding hydrogens is 891 g/mol. The van der Waals surface area contributed by atoms with Crippen LogP contribution in [0.4, 0.5) is 32.5 Å². The Balaban J connectivity index is 1.09. The van der Waals surface area contributed by atoms with Crippen LogP contribution in [0, 0.1) is 11.8 Å². The fraction of sp³-hybridized carbons (Fsp3) is 0.453. The summed E-state index contributed by atoms with van der Waals surface area (Å²) in [4.78, 5) is 91.0. The number of alkyl carbamates (subject to hydrolysis) is 2. The van der Waals surface area contributed by atoms with Crippen molar-refractivity contribution < 1.29 is 38.2 Å². The van der Waals surface area contributed by atoms with Crippen LogP contribution in [-0.2, 0) is 28.7 Å². The molecule has 1 aromatic heterocycles. The summed E-state index contributed by atoms with van der Waals surface area (Å²) in [6, 6.07) is 25.3. The Hall–Kier alpha value is -7.17. The third-order valence-electron chi connectivity index (χ3n) is 13.7. The van der Waals surface area contributed by atoms with Crippen LogP contribution in [0.25, 0.3) is 11.1 Å². The summed E-state index contributed by atoms with van der Waals surface area (Å²) in [5.41, 5.74) is 6.44. The van der Waals surface area contributed by atoms with Crippen molar-refractivity contribution in [2.75, 3.05) is 61.8 Å². The van der Waals surface area contributed by atoms with Gasteiger partial charge in [-0.05, 0) is 116 Å². The molecule has 6 amide bonds. The van der Waals surface area contributed by atoms with Crippen LogP contribution in [0.5, 0.6) is 0 Å². The summed E-state index contributed by atoms with van der Waals surface area (Å²) in [6.07, 6.45) is 4.53. The van der Waals surface area contributed by atoms with E-state index in [0.717, 1.165) is 46.6 Å². The van der Waals surface area contributed by atoms with Crippen LogP contribution < -0.4 is 31.1 Å². The second kappa shape index (κ2) is 22.5. The number of hydrogen-bond donors (Lipinski definition) is 4. The molecule has 0 bridgehead atoms. The summed E-state index contributed by atoms with van der Waals surface area (Å²) >= 11 is 0. The van der Waals surface area contributed by atoms with Gasteiger partial charge in [-0.1, -0.05) is 64.1 Å². The summed E-state index contributed by atoms with van der Waals surface area (Å²) in [5, 5.41) is 11.4. The molecule has 7 rings (SSSR count). The van der Waals surface area contributed by atoms with E-state index in [2.05, 4.69) is 61.5 Å². The molecule has 70 heavy (non-hydrogen) atoms. The highest BCUT2D eigenvalue weighted by atomic mass is 16.5. The molecule has 0 saturated carbocycles. The van der Waals surface area contributed by atoms with Crippen molar-refractivity contribution in [2.45, 2.75) is 102 Å². The maximum absolute atomic E-state index is 13.7. The quantitative estimate of drug-likeness (QED) is 0.0921. The minimum Gasteiger partial charge on any atom is -0.453 e. The Morgan fingerprint density at radius 1 is 0.586 bits per heavy atom. The zero-order chi connectivity index (χ0) is 50.2. The van der Waals surface area contributed by atoms with E-state index < -0.39 is 36.4 Å². The second-order valence-electron chi connectivity index (χ2n) is 19.2. The molecule has 0 spiro atoms. The lowest BCUT2D eigenvalue weighted by Crippen LogP contribution is -2.54. The van der Waals surface area contributed by atoms with Gasteiger partial charge in [-0.2, -0.15) is 0 Å².